The Morgan fingerprint density at radius 3 is 1.77 bits per heavy atom. The minimum absolute atomic E-state index is 0.00259. The molecule has 7 N–H and O–H groups in total. The molecule has 5 aliphatic rings. The molecule has 5 fully saturated rings. The summed E-state index contributed by atoms with van der Waals surface area (Å²) in [6.07, 6.45) is -0.209. The van der Waals surface area contributed by atoms with Crippen LogP contribution in [0.15, 0.2) is 54.9 Å². The topological polar surface area (TPSA) is 222 Å². The zero-order valence-electron chi connectivity index (χ0n) is 45.4. The van der Waals surface area contributed by atoms with Crippen LogP contribution in [0.4, 0.5) is 46.5 Å². The number of nitrogens with zero attached hydrogens (tertiary/aromatic N) is 4. The number of rotatable bonds is 23. The number of piperidine rings is 1. The van der Waals surface area contributed by atoms with Crippen LogP contribution in [-0.4, -0.2) is 106 Å². The Morgan fingerprint density at radius 1 is 0.646 bits per heavy atom. The Labute approximate surface area is 472 Å². The number of amides is 6. The van der Waals surface area contributed by atoms with Crippen LogP contribution in [-0.2, 0) is 19.2 Å². The van der Waals surface area contributed by atoms with E-state index in [2.05, 4.69) is 36.8 Å². The SMILES string of the molecule is CC(C)n1nccc1C(=O)N[C@H](C(=O)Nc1cc(Cl)c([C@H](C)C(=O)NCC(F)(F)F)cc1F)C(C1CC1)C1CC1C1CNC[C@H](n2nccc2C(=O)N[C@H](C(=O)Nc2ccc([C@H](C)C(=O)NCC(F)(F)F)cc2F)C(C2CC2)C2CC2)C1. The van der Waals surface area contributed by atoms with Gasteiger partial charge in [0.15, 0.2) is 0 Å². The molecule has 3 heterocycles. The van der Waals surface area contributed by atoms with Crippen LogP contribution in [0, 0.1) is 59.0 Å². The van der Waals surface area contributed by atoms with E-state index < -0.39 is 102 Å². The maximum Gasteiger partial charge on any atom is 0.405 e. The summed E-state index contributed by atoms with van der Waals surface area (Å²) in [6.45, 7) is 4.15. The molecule has 2 aromatic carbocycles. The summed E-state index contributed by atoms with van der Waals surface area (Å²) in [5.74, 6) is -9.34. The summed E-state index contributed by atoms with van der Waals surface area (Å²) in [7, 11) is 0. The van der Waals surface area contributed by atoms with Gasteiger partial charge in [-0.25, -0.2) is 8.78 Å². The second-order valence-electron chi connectivity index (χ2n) is 23.0. The molecule has 1 saturated heterocycles. The first kappa shape index (κ1) is 60.0. The van der Waals surface area contributed by atoms with Crippen molar-refractivity contribution in [3.05, 3.63) is 94.0 Å². The number of hydrogen-bond acceptors (Lipinski definition) is 9. The minimum Gasteiger partial charge on any atom is -0.346 e. The molecule has 17 nitrogen and oxygen atoms in total. The highest BCUT2D eigenvalue weighted by atomic mass is 35.5. The van der Waals surface area contributed by atoms with Crippen LogP contribution < -0.4 is 37.2 Å². The minimum atomic E-state index is -4.68. The molecular weight excluding hydrogens is 1110 g/mol. The molecule has 0 radical (unpaired) electrons. The lowest BCUT2D eigenvalue weighted by atomic mass is 9.83. The molecule has 444 valence electrons. The van der Waals surface area contributed by atoms with Crippen molar-refractivity contribution in [2.45, 2.75) is 127 Å². The van der Waals surface area contributed by atoms with E-state index in [0.717, 1.165) is 56.7 Å². The summed E-state index contributed by atoms with van der Waals surface area (Å²) in [5, 5.41) is 26.9. The van der Waals surface area contributed by atoms with E-state index in [9.17, 15) is 55.1 Å². The van der Waals surface area contributed by atoms with Crippen molar-refractivity contribution < 1.29 is 63.9 Å². The second kappa shape index (κ2) is 24.3. The van der Waals surface area contributed by atoms with Crippen molar-refractivity contribution in [2.75, 3.05) is 36.8 Å². The van der Waals surface area contributed by atoms with Gasteiger partial charge in [0, 0.05) is 30.0 Å². The number of alkyl halides is 6. The smallest absolute Gasteiger partial charge is 0.346 e. The molecule has 4 saturated carbocycles. The molecule has 9 atom stereocenters. The van der Waals surface area contributed by atoms with Crippen LogP contribution >= 0.6 is 11.6 Å². The van der Waals surface area contributed by atoms with E-state index in [4.69, 9.17) is 11.6 Å². The third-order valence-electron chi connectivity index (χ3n) is 16.7. The molecule has 4 aromatic rings. The second-order valence-corrected chi connectivity index (χ2v) is 23.4. The van der Waals surface area contributed by atoms with Crippen LogP contribution in [0.25, 0.3) is 0 Å². The first-order valence-electron chi connectivity index (χ1n) is 27.7. The third kappa shape index (κ3) is 14.4. The molecule has 0 bridgehead atoms. The van der Waals surface area contributed by atoms with Gasteiger partial charge in [-0.1, -0.05) is 17.7 Å². The molecule has 4 unspecified atom stereocenters. The van der Waals surface area contributed by atoms with Crippen LogP contribution in [0.2, 0.25) is 5.02 Å². The molecule has 4 aliphatic carbocycles. The summed E-state index contributed by atoms with van der Waals surface area (Å²) in [6, 6.07) is 5.75. The highest BCUT2D eigenvalue weighted by molar-refractivity contribution is 6.32. The number of anilines is 2. The van der Waals surface area contributed by atoms with Crippen molar-refractivity contribution in [3.63, 3.8) is 0 Å². The lowest BCUT2D eigenvalue weighted by Gasteiger charge is -2.33. The fourth-order valence-corrected chi connectivity index (χ4v) is 12.3. The lowest BCUT2D eigenvalue weighted by molar-refractivity contribution is -0.139. The zero-order valence-corrected chi connectivity index (χ0v) is 46.2. The number of nitrogens with one attached hydrogen (secondary N) is 7. The van der Waals surface area contributed by atoms with Crippen molar-refractivity contribution in [1.29, 1.82) is 0 Å². The Kier molecular flexibility index (Phi) is 17.8. The Morgan fingerprint density at radius 2 is 1.18 bits per heavy atom. The largest absolute Gasteiger partial charge is 0.405 e. The molecule has 26 heteroatoms. The summed E-state index contributed by atoms with van der Waals surface area (Å²) in [4.78, 5) is 82.7. The van der Waals surface area contributed by atoms with Gasteiger partial charge in [0.05, 0.1) is 29.3 Å². The summed E-state index contributed by atoms with van der Waals surface area (Å²) >= 11 is 6.50. The van der Waals surface area contributed by atoms with Gasteiger partial charge in [0.2, 0.25) is 23.6 Å². The quantitative estimate of drug-likeness (QED) is 0.0353. The Balaban J connectivity index is 0.901. The normalized spacial score (nSPS) is 21.9. The van der Waals surface area contributed by atoms with Gasteiger partial charge in [-0.15, -0.1) is 0 Å². The monoisotopic (exact) mass is 1180 g/mol. The van der Waals surface area contributed by atoms with Gasteiger partial charge in [-0.05, 0) is 180 Å². The van der Waals surface area contributed by atoms with Crippen molar-refractivity contribution in [2.24, 2.45) is 47.3 Å². The van der Waals surface area contributed by atoms with E-state index in [-0.39, 0.29) is 92.4 Å². The average Bonchev–Trinajstić information content (AvgIpc) is 4.43. The number of benzene rings is 2. The average molecular weight is 1180 g/mol. The molecule has 2 aromatic heterocycles. The molecule has 82 heavy (non-hydrogen) atoms. The number of carbonyl (C=O) groups is 6. The zero-order chi connectivity index (χ0) is 59.1. The maximum atomic E-state index is 16.0. The Bertz CT molecular complexity index is 3040. The van der Waals surface area contributed by atoms with Gasteiger partial charge < -0.3 is 37.2 Å². The van der Waals surface area contributed by atoms with E-state index in [1.807, 2.05) is 13.8 Å². The van der Waals surface area contributed by atoms with Crippen LogP contribution in [0.5, 0.6) is 0 Å². The standard InChI is InChI=1S/C56H66ClF8N11O6/c1-26(2)75-43(13-15-69-75)51(79)74-48(54(82)72-42-21-38(57)35(20-40(42)59)28(4)50(78)68-25-56(63,64)65)46(31-9-10-31)37-19-36(37)33-17-34(23-66-22-33)76-44(14-16-70-76)52(80)73-47(45(29-5-6-29)30-7-8-30)53(81)71-41-12-11-32(18-39(41)58)27(3)49(77)67-24-55(60,61)62/h11-16,18,20-21,26-31,33-34,36-37,45-48,66H,5-10,17,19,22-25H2,1-4H3,(H,67,77)(H,68,78)(H,71,81)(H,72,82)(H,73,80)(H,74,79)/t27-,28-,33?,34+,36?,37?,46?,47-,48-/m0/s1. The highest BCUT2D eigenvalue weighted by Gasteiger charge is 2.56. The molecule has 0 spiro atoms. The number of carbonyl (C=O) groups excluding carboxylic acids is 6. The number of halogens is 9. The highest BCUT2D eigenvalue weighted by Crippen LogP contribution is 2.58. The third-order valence-corrected chi connectivity index (χ3v) is 17.0. The maximum absolute atomic E-state index is 16.0. The van der Waals surface area contributed by atoms with E-state index in [1.54, 1.807) is 21.4 Å². The lowest BCUT2D eigenvalue weighted by Crippen LogP contribution is -2.51. The number of aromatic nitrogens is 4. The molecular formula is C56H66ClF8N11O6. The first-order valence-corrected chi connectivity index (χ1v) is 28.1. The fraction of sp³-hybridized carbons (Fsp3) is 0.571. The van der Waals surface area contributed by atoms with Gasteiger partial charge in [0.25, 0.3) is 11.8 Å². The van der Waals surface area contributed by atoms with Gasteiger partial charge in [-0.3, -0.25) is 38.1 Å². The van der Waals surface area contributed by atoms with Gasteiger partial charge in [-0.2, -0.15) is 36.5 Å². The predicted molar refractivity (Wildman–Crippen MR) is 284 cm³/mol. The summed E-state index contributed by atoms with van der Waals surface area (Å²) in [5.41, 5.74) is -0.251. The fourth-order valence-electron chi connectivity index (χ4n) is 12.0. The van der Waals surface area contributed by atoms with E-state index in [0.29, 0.717) is 25.9 Å². The molecule has 1 aliphatic heterocycles. The van der Waals surface area contributed by atoms with Crippen LogP contribution in [0.3, 0.4) is 0 Å². The van der Waals surface area contributed by atoms with E-state index >= 15 is 8.78 Å². The van der Waals surface area contributed by atoms with Crippen molar-refractivity contribution >= 4 is 58.4 Å². The number of hydrogen-bond donors (Lipinski definition) is 7. The molecule has 9 rings (SSSR count). The van der Waals surface area contributed by atoms with Gasteiger partial charge in [0.1, 0.15) is 48.2 Å². The first-order chi connectivity index (χ1) is 38.8. The van der Waals surface area contributed by atoms with Crippen molar-refractivity contribution in [1.82, 2.24) is 46.1 Å². The van der Waals surface area contributed by atoms with Gasteiger partial charge >= 0.3 is 12.4 Å². The Hall–Kier alpha value is -6.63. The van der Waals surface area contributed by atoms with E-state index in [1.165, 1.54) is 49.1 Å². The van der Waals surface area contributed by atoms with Crippen molar-refractivity contribution in [3.8, 4) is 0 Å². The van der Waals surface area contributed by atoms with Crippen LogP contribution in [0.1, 0.15) is 135 Å². The molecule has 6 amide bonds. The predicted octanol–water partition coefficient (Wildman–Crippen LogP) is 8.58. The summed E-state index contributed by atoms with van der Waals surface area (Å²) < 4.78 is 112.